The van der Waals surface area contributed by atoms with Gasteiger partial charge in [-0.05, 0) is 62.5 Å². The van der Waals surface area contributed by atoms with E-state index in [0.717, 1.165) is 33.6 Å². The van der Waals surface area contributed by atoms with Gasteiger partial charge < -0.3 is 20.1 Å². The van der Waals surface area contributed by atoms with Crippen molar-refractivity contribution < 1.29 is 9.47 Å². The molecule has 1 atom stereocenters. The van der Waals surface area contributed by atoms with E-state index < -0.39 is 0 Å². The minimum atomic E-state index is -0.287. The molecule has 1 aliphatic rings. The quantitative estimate of drug-likeness (QED) is 0.680. The molecular weight excluding hydrogens is 400 g/mol. The number of anilines is 1. The standard InChI is InChI=1S/C19H21BrN2O2S/c1-19(2)11-16(15-9-8-14(23-3)10-17(15)24-19)22-18(25)21-13-6-4-12(20)5-7-13/h4-10,16H,11H2,1-3H3,(H2,21,22,25)/t16-/m1/s1. The third-order valence-electron chi connectivity index (χ3n) is 4.09. The second kappa shape index (κ2) is 7.22. The first kappa shape index (κ1) is 18.0. The number of rotatable bonds is 3. The molecule has 1 aliphatic heterocycles. The molecule has 0 aromatic heterocycles. The van der Waals surface area contributed by atoms with E-state index in [1.54, 1.807) is 7.11 Å². The Morgan fingerprint density at radius 2 is 1.96 bits per heavy atom. The van der Waals surface area contributed by atoms with Gasteiger partial charge in [0.05, 0.1) is 13.2 Å². The molecule has 2 N–H and O–H groups in total. The van der Waals surface area contributed by atoms with Gasteiger partial charge in [0.15, 0.2) is 5.11 Å². The number of benzene rings is 2. The summed E-state index contributed by atoms with van der Waals surface area (Å²) in [5.41, 5.74) is 1.74. The maximum atomic E-state index is 6.12. The van der Waals surface area contributed by atoms with E-state index in [-0.39, 0.29) is 11.6 Å². The van der Waals surface area contributed by atoms with Crippen molar-refractivity contribution in [2.24, 2.45) is 0 Å². The van der Waals surface area contributed by atoms with Gasteiger partial charge in [-0.15, -0.1) is 0 Å². The van der Waals surface area contributed by atoms with Gasteiger partial charge in [0.2, 0.25) is 0 Å². The molecule has 0 unspecified atom stereocenters. The van der Waals surface area contributed by atoms with Crippen LogP contribution in [0.3, 0.4) is 0 Å². The molecule has 0 spiro atoms. The summed E-state index contributed by atoms with van der Waals surface area (Å²) < 4.78 is 12.5. The monoisotopic (exact) mass is 420 g/mol. The molecule has 0 amide bonds. The van der Waals surface area contributed by atoms with Crippen molar-refractivity contribution in [3.8, 4) is 11.5 Å². The van der Waals surface area contributed by atoms with E-state index in [2.05, 4.69) is 40.4 Å². The normalized spacial score (nSPS) is 17.8. The van der Waals surface area contributed by atoms with Gasteiger partial charge in [0.1, 0.15) is 17.1 Å². The van der Waals surface area contributed by atoms with Crippen molar-refractivity contribution in [1.82, 2.24) is 5.32 Å². The van der Waals surface area contributed by atoms with E-state index in [4.69, 9.17) is 21.7 Å². The Morgan fingerprint density at radius 1 is 1.24 bits per heavy atom. The number of ether oxygens (including phenoxy) is 2. The zero-order valence-electron chi connectivity index (χ0n) is 14.4. The number of methoxy groups -OCH3 is 1. The van der Waals surface area contributed by atoms with Gasteiger partial charge in [-0.25, -0.2) is 0 Å². The average Bonchev–Trinajstić information content (AvgIpc) is 2.55. The number of hydrogen-bond donors (Lipinski definition) is 2. The minimum Gasteiger partial charge on any atom is -0.497 e. The van der Waals surface area contributed by atoms with Crippen molar-refractivity contribution in [3.63, 3.8) is 0 Å². The summed E-state index contributed by atoms with van der Waals surface area (Å²) in [7, 11) is 1.66. The summed E-state index contributed by atoms with van der Waals surface area (Å²) >= 11 is 8.94. The Kier molecular flexibility index (Phi) is 5.20. The summed E-state index contributed by atoms with van der Waals surface area (Å²) in [5, 5.41) is 7.24. The van der Waals surface area contributed by atoms with Crippen LogP contribution in [-0.2, 0) is 0 Å². The van der Waals surface area contributed by atoms with Gasteiger partial charge in [-0.2, -0.15) is 0 Å². The molecule has 0 aliphatic carbocycles. The van der Waals surface area contributed by atoms with E-state index >= 15 is 0 Å². The van der Waals surface area contributed by atoms with Crippen LogP contribution in [-0.4, -0.2) is 17.8 Å². The van der Waals surface area contributed by atoms with Crippen molar-refractivity contribution in [3.05, 3.63) is 52.5 Å². The second-order valence-electron chi connectivity index (χ2n) is 6.63. The highest BCUT2D eigenvalue weighted by Gasteiger charge is 2.34. The number of nitrogens with one attached hydrogen (secondary N) is 2. The number of thiocarbonyl (C=S) groups is 1. The van der Waals surface area contributed by atoms with Gasteiger partial charge in [0.25, 0.3) is 0 Å². The van der Waals surface area contributed by atoms with Crippen molar-refractivity contribution in [2.75, 3.05) is 12.4 Å². The molecule has 0 saturated heterocycles. The Bertz CT molecular complexity index is 777. The number of fused-ring (bicyclic) bond motifs is 1. The molecule has 0 fully saturated rings. The lowest BCUT2D eigenvalue weighted by atomic mass is 9.89. The van der Waals surface area contributed by atoms with Crippen LogP contribution in [0.4, 0.5) is 5.69 Å². The molecular formula is C19H21BrN2O2S. The highest BCUT2D eigenvalue weighted by atomic mass is 79.9. The largest absolute Gasteiger partial charge is 0.497 e. The molecule has 1 heterocycles. The molecule has 0 bridgehead atoms. The predicted molar refractivity (Wildman–Crippen MR) is 109 cm³/mol. The van der Waals surface area contributed by atoms with Crippen LogP contribution in [0.5, 0.6) is 11.5 Å². The molecule has 0 saturated carbocycles. The van der Waals surface area contributed by atoms with Crippen LogP contribution in [0.25, 0.3) is 0 Å². The van der Waals surface area contributed by atoms with Gasteiger partial charge in [-0.1, -0.05) is 15.9 Å². The first-order valence-corrected chi connectivity index (χ1v) is 9.26. The smallest absolute Gasteiger partial charge is 0.171 e. The SMILES string of the molecule is COc1ccc2c(c1)OC(C)(C)C[C@H]2NC(=S)Nc1ccc(Br)cc1. The van der Waals surface area contributed by atoms with Crippen LogP contribution in [0.1, 0.15) is 31.9 Å². The maximum absolute atomic E-state index is 6.12. The summed E-state index contributed by atoms with van der Waals surface area (Å²) in [6, 6.07) is 13.9. The van der Waals surface area contributed by atoms with Crippen molar-refractivity contribution >= 4 is 38.9 Å². The summed E-state index contributed by atoms with van der Waals surface area (Å²) in [4.78, 5) is 0. The zero-order chi connectivity index (χ0) is 18.0. The topological polar surface area (TPSA) is 42.5 Å². The van der Waals surface area contributed by atoms with Crippen LogP contribution >= 0.6 is 28.1 Å². The lowest BCUT2D eigenvalue weighted by molar-refractivity contribution is 0.0693. The fourth-order valence-electron chi connectivity index (χ4n) is 2.95. The molecule has 25 heavy (non-hydrogen) atoms. The lowest BCUT2D eigenvalue weighted by Crippen LogP contribution is -2.42. The average molecular weight is 421 g/mol. The molecule has 2 aromatic rings. The molecule has 3 rings (SSSR count). The fourth-order valence-corrected chi connectivity index (χ4v) is 3.47. The Labute approximate surface area is 162 Å². The molecule has 132 valence electrons. The summed E-state index contributed by atoms with van der Waals surface area (Å²) in [6.45, 7) is 4.16. The lowest BCUT2D eigenvalue weighted by Gasteiger charge is -2.38. The molecule has 0 radical (unpaired) electrons. The first-order valence-electron chi connectivity index (χ1n) is 8.06. The first-order chi connectivity index (χ1) is 11.9. The summed E-state index contributed by atoms with van der Waals surface area (Å²) in [5.74, 6) is 1.62. The Balaban J connectivity index is 1.77. The Morgan fingerprint density at radius 3 is 2.64 bits per heavy atom. The molecule has 6 heteroatoms. The number of hydrogen-bond acceptors (Lipinski definition) is 3. The van der Waals surface area contributed by atoms with Crippen molar-refractivity contribution in [1.29, 1.82) is 0 Å². The van der Waals surface area contributed by atoms with Gasteiger partial charge in [-0.3, -0.25) is 0 Å². The highest BCUT2D eigenvalue weighted by molar-refractivity contribution is 9.10. The highest BCUT2D eigenvalue weighted by Crippen LogP contribution is 2.41. The zero-order valence-corrected chi connectivity index (χ0v) is 16.8. The van der Waals surface area contributed by atoms with Crippen LogP contribution in [0, 0.1) is 0 Å². The minimum absolute atomic E-state index is 0.0695. The van der Waals surface area contributed by atoms with Crippen molar-refractivity contribution in [2.45, 2.75) is 31.9 Å². The van der Waals surface area contributed by atoms with E-state index in [1.165, 1.54) is 0 Å². The fraction of sp³-hybridized carbons (Fsp3) is 0.316. The maximum Gasteiger partial charge on any atom is 0.171 e. The van der Waals surface area contributed by atoms with Crippen LogP contribution < -0.4 is 20.1 Å². The third kappa shape index (κ3) is 4.44. The number of halogens is 1. The second-order valence-corrected chi connectivity index (χ2v) is 7.95. The van der Waals surface area contributed by atoms with E-state index in [9.17, 15) is 0 Å². The van der Waals surface area contributed by atoms with E-state index in [1.807, 2.05) is 42.5 Å². The molecule has 2 aromatic carbocycles. The van der Waals surface area contributed by atoms with Gasteiger partial charge >= 0.3 is 0 Å². The molecule has 4 nitrogen and oxygen atoms in total. The predicted octanol–water partition coefficient (Wildman–Crippen LogP) is 5.05. The third-order valence-corrected chi connectivity index (χ3v) is 4.83. The summed E-state index contributed by atoms with van der Waals surface area (Å²) in [6.07, 6.45) is 0.814. The van der Waals surface area contributed by atoms with Crippen LogP contribution in [0.2, 0.25) is 0 Å². The van der Waals surface area contributed by atoms with E-state index in [0.29, 0.717) is 5.11 Å². The van der Waals surface area contributed by atoms with Crippen LogP contribution in [0.15, 0.2) is 46.9 Å². The van der Waals surface area contributed by atoms with Gasteiger partial charge in [0, 0.05) is 28.2 Å². The Hall–Kier alpha value is -1.79.